The molecule has 0 atom stereocenters. The quantitative estimate of drug-likeness (QED) is 0.783. The fourth-order valence-electron chi connectivity index (χ4n) is 2.58. The Morgan fingerprint density at radius 3 is 2.67 bits per heavy atom. The third kappa shape index (κ3) is 3.88. The van der Waals surface area contributed by atoms with Gasteiger partial charge in [-0.15, -0.1) is 11.8 Å². The molecule has 0 unspecified atom stereocenters. The van der Waals surface area contributed by atoms with E-state index in [2.05, 4.69) is 31.2 Å². The van der Waals surface area contributed by atoms with Crippen LogP contribution in [0.4, 0.5) is 0 Å². The zero-order chi connectivity index (χ0) is 12.8. The van der Waals surface area contributed by atoms with Gasteiger partial charge in [-0.1, -0.05) is 43.5 Å². The summed E-state index contributed by atoms with van der Waals surface area (Å²) in [5.41, 5.74) is 2.69. The lowest BCUT2D eigenvalue weighted by atomic mass is 9.87. The highest BCUT2D eigenvalue weighted by molar-refractivity contribution is 7.99. The second-order valence-corrected chi connectivity index (χ2v) is 6.21. The third-order valence-corrected chi connectivity index (χ3v) is 4.83. The minimum Gasteiger partial charge on any atom is -0.298 e. The number of thioether (sulfide) groups is 1. The maximum absolute atomic E-state index is 12.1. The predicted octanol–water partition coefficient (Wildman–Crippen LogP) is 4.38. The first-order valence-corrected chi connectivity index (χ1v) is 8.08. The van der Waals surface area contributed by atoms with E-state index in [1.54, 1.807) is 11.8 Å². The topological polar surface area (TPSA) is 17.1 Å². The smallest absolute Gasteiger partial charge is 0.145 e. The van der Waals surface area contributed by atoms with Crippen LogP contribution in [0.5, 0.6) is 0 Å². The lowest BCUT2D eigenvalue weighted by Crippen LogP contribution is -2.19. The summed E-state index contributed by atoms with van der Waals surface area (Å²) in [6, 6.07) is 8.44. The molecule has 1 aliphatic carbocycles. The van der Waals surface area contributed by atoms with Crippen molar-refractivity contribution >= 4 is 17.5 Å². The summed E-state index contributed by atoms with van der Waals surface area (Å²) in [5, 5.41) is 0. The minimum absolute atomic E-state index is 0.364. The Balaban J connectivity index is 1.75. The normalized spacial score (nSPS) is 16.7. The van der Waals surface area contributed by atoms with Crippen LogP contribution >= 0.6 is 11.8 Å². The van der Waals surface area contributed by atoms with Crippen LogP contribution in [0.2, 0.25) is 0 Å². The third-order valence-electron chi connectivity index (χ3n) is 3.82. The Labute approximate surface area is 114 Å². The molecule has 98 valence electrons. The second kappa shape index (κ2) is 6.98. The Bertz CT molecular complexity index is 394. The van der Waals surface area contributed by atoms with Gasteiger partial charge in [0.25, 0.3) is 0 Å². The van der Waals surface area contributed by atoms with E-state index in [1.807, 2.05) is 0 Å². The van der Waals surface area contributed by atoms with Crippen molar-refractivity contribution in [3.05, 3.63) is 35.4 Å². The molecule has 1 saturated carbocycles. The standard InChI is InChI=1S/C16H22OS/c1-13-7-5-6-10-15(13)11-18-12-16(17)14-8-3-2-4-9-14/h5-7,10,14H,2-4,8-9,11-12H2,1H3. The molecule has 18 heavy (non-hydrogen) atoms. The van der Waals surface area contributed by atoms with E-state index < -0.39 is 0 Å². The molecule has 2 heteroatoms. The number of carbonyl (C=O) groups is 1. The van der Waals surface area contributed by atoms with E-state index in [1.165, 1.54) is 30.4 Å². The van der Waals surface area contributed by atoms with Crippen LogP contribution in [-0.4, -0.2) is 11.5 Å². The van der Waals surface area contributed by atoms with Gasteiger partial charge < -0.3 is 0 Å². The molecule has 0 aromatic heterocycles. The highest BCUT2D eigenvalue weighted by atomic mass is 32.2. The molecule has 0 heterocycles. The van der Waals surface area contributed by atoms with Crippen LogP contribution < -0.4 is 0 Å². The maximum atomic E-state index is 12.1. The van der Waals surface area contributed by atoms with Crippen LogP contribution in [0, 0.1) is 12.8 Å². The van der Waals surface area contributed by atoms with Gasteiger partial charge in [-0.05, 0) is 30.9 Å². The fraction of sp³-hybridized carbons (Fsp3) is 0.562. The Kier molecular flexibility index (Phi) is 5.30. The molecule has 0 radical (unpaired) electrons. The van der Waals surface area contributed by atoms with E-state index in [9.17, 15) is 4.79 Å². The molecule has 1 nitrogen and oxygen atoms in total. The van der Waals surface area contributed by atoms with Gasteiger partial charge >= 0.3 is 0 Å². The average molecular weight is 262 g/mol. The average Bonchev–Trinajstić information content (AvgIpc) is 2.42. The van der Waals surface area contributed by atoms with Crippen molar-refractivity contribution in [2.45, 2.75) is 44.8 Å². The van der Waals surface area contributed by atoms with E-state index in [0.717, 1.165) is 18.6 Å². The van der Waals surface area contributed by atoms with Crippen LogP contribution in [0.3, 0.4) is 0 Å². The first-order chi connectivity index (χ1) is 8.77. The molecule has 0 bridgehead atoms. The molecule has 1 fully saturated rings. The van der Waals surface area contributed by atoms with Gasteiger partial charge in [0, 0.05) is 11.7 Å². The Hall–Kier alpha value is -0.760. The van der Waals surface area contributed by atoms with Gasteiger partial charge in [0.2, 0.25) is 0 Å². The highest BCUT2D eigenvalue weighted by Crippen LogP contribution is 2.26. The monoisotopic (exact) mass is 262 g/mol. The summed E-state index contributed by atoms with van der Waals surface area (Å²) in [4.78, 5) is 12.1. The zero-order valence-electron chi connectivity index (χ0n) is 11.2. The molecule has 0 aliphatic heterocycles. The molecular formula is C16H22OS. The van der Waals surface area contributed by atoms with Crippen molar-refractivity contribution in [2.24, 2.45) is 5.92 Å². The summed E-state index contributed by atoms with van der Waals surface area (Å²) in [6.07, 6.45) is 6.07. The maximum Gasteiger partial charge on any atom is 0.145 e. The van der Waals surface area contributed by atoms with E-state index in [0.29, 0.717) is 17.5 Å². The van der Waals surface area contributed by atoms with Crippen molar-refractivity contribution in [3.63, 3.8) is 0 Å². The number of Topliss-reactive ketones (excluding diaryl/α,β-unsaturated/α-hetero) is 1. The largest absolute Gasteiger partial charge is 0.298 e. The van der Waals surface area contributed by atoms with Gasteiger partial charge in [-0.3, -0.25) is 4.79 Å². The van der Waals surface area contributed by atoms with Gasteiger partial charge in [0.1, 0.15) is 5.78 Å². The summed E-state index contributed by atoms with van der Waals surface area (Å²) in [6.45, 7) is 2.14. The van der Waals surface area contributed by atoms with Gasteiger partial charge in [-0.2, -0.15) is 0 Å². The van der Waals surface area contributed by atoms with Crippen LogP contribution in [-0.2, 0) is 10.5 Å². The van der Waals surface area contributed by atoms with Crippen molar-refractivity contribution in [3.8, 4) is 0 Å². The molecule has 0 saturated heterocycles. The molecule has 1 aliphatic rings. The van der Waals surface area contributed by atoms with Crippen molar-refractivity contribution in [2.75, 3.05) is 5.75 Å². The Morgan fingerprint density at radius 1 is 1.22 bits per heavy atom. The number of ketones is 1. The second-order valence-electron chi connectivity index (χ2n) is 5.22. The first kappa shape index (κ1) is 13.7. The van der Waals surface area contributed by atoms with Crippen molar-refractivity contribution in [1.82, 2.24) is 0 Å². The number of hydrogen-bond donors (Lipinski definition) is 0. The van der Waals surface area contributed by atoms with Crippen LogP contribution in [0.25, 0.3) is 0 Å². The van der Waals surface area contributed by atoms with E-state index >= 15 is 0 Å². The zero-order valence-corrected chi connectivity index (χ0v) is 12.0. The Morgan fingerprint density at radius 2 is 1.94 bits per heavy atom. The molecule has 1 aromatic carbocycles. The molecular weight excluding hydrogens is 240 g/mol. The van der Waals surface area contributed by atoms with E-state index in [4.69, 9.17) is 0 Å². The number of aryl methyl sites for hydroxylation is 1. The van der Waals surface area contributed by atoms with Crippen molar-refractivity contribution < 1.29 is 4.79 Å². The number of carbonyl (C=O) groups excluding carboxylic acids is 1. The summed E-state index contributed by atoms with van der Waals surface area (Å²) in [5.74, 6) is 2.50. The predicted molar refractivity (Wildman–Crippen MR) is 78.9 cm³/mol. The highest BCUT2D eigenvalue weighted by Gasteiger charge is 2.20. The van der Waals surface area contributed by atoms with Crippen LogP contribution in [0.1, 0.15) is 43.2 Å². The fourth-order valence-corrected chi connectivity index (χ4v) is 3.66. The van der Waals surface area contributed by atoms with Gasteiger partial charge in [0.05, 0.1) is 5.75 Å². The molecule has 0 N–H and O–H groups in total. The molecule has 0 amide bonds. The van der Waals surface area contributed by atoms with Crippen LogP contribution in [0.15, 0.2) is 24.3 Å². The number of benzene rings is 1. The minimum atomic E-state index is 0.364. The molecule has 0 spiro atoms. The van der Waals surface area contributed by atoms with Crippen molar-refractivity contribution in [1.29, 1.82) is 0 Å². The number of rotatable bonds is 5. The molecule has 1 aromatic rings. The van der Waals surface area contributed by atoms with Gasteiger partial charge in [-0.25, -0.2) is 0 Å². The van der Waals surface area contributed by atoms with E-state index in [-0.39, 0.29) is 0 Å². The first-order valence-electron chi connectivity index (χ1n) is 6.92. The summed E-state index contributed by atoms with van der Waals surface area (Å²) >= 11 is 1.77. The van der Waals surface area contributed by atoms with Gasteiger partial charge in [0.15, 0.2) is 0 Å². The summed E-state index contributed by atoms with van der Waals surface area (Å²) in [7, 11) is 0. The lowest BCUT2D eigenvalue weighted by molar-refractivity contribution is -0.121. The summed E-state index contributed by atoms with van der Waals surface area (Å²) < 4.78 is 0. The number of hydrogen-bond acceptors (Lipinski definition) is 2. The molecule has 2 rings (SSSR count). The SMILES string of the molecule is Cc1ccccc1CSCC(=O)C1CCCCC1. The lowest BCUT2D eigenvalue weighted by Gasteiger charge is -2.20.